The van der Waals surface area contributed by atoms with Gasteiger partial charge in [-0.15, -0.1) is 6.58 Å². The molecule has 0 saturated carbocycles. The van der Waals surface area contributed by atoms with Gasteiger partial charge < -0.3 is 29.2 Å². The molecule has 1 fully saturated rings. The van der Waals surface area contributed by atoms with Crippen molar-refractivity contribution in [1.82, 2.24) is 0 Å². The van der Waals surface area contributed by atoms with E-state index in [1.165, 1.54) is 6.08 Å². The van der Waals surface area contributed by atoms with Crippen LogP contribution in [0.25, 0.3) is 0 Å². The second-order valence-corrected chi connectivity index (χ2v) is 6.85. The number of aliphatic hydroxyl groups is 2. The number of aliphatic hydroxyl groups excluding tert-OH is 2. The van der Waals surface area contributed by atoms with E-state index in [1.807, 2.05) is 0 Å². The van der Waals surface area contributed by atoms with Crippen LogP contribution in [-0.4, -0.2) is 66.1 Å². The van der Waals surface area contributed by atoms with Crippen molar-refractivity contribution in [3.8, 4) is 0 Å². The van der Waals surface area contributed by atoms with Crippen molar-refractivity contribution in [2.75, 3.05) is 13.2 Å². The van der Waals surface area contributed by atoms with E-state index in [2.05, 4.69) is 6.58 Å². The van der Waals surface area contributed by atoms with Gasteiger partial charge in [0.2, 0.25) is 0 Å². The standard InChI is InChI=1S/C23H24O8/c1-2-13-28-23-20(31-22(27)16-11-7-4-8-12-16)19(25)18(24)17(30-23)14-29-21(26)15-9-5-3-6-10-15/h2-12,17-20,23-25H,1,13-14H2/t17-,18+,19+,20-,23+/m1/s1. The van der Waals surface area contributed by atoms with Gasteiger partial charge in [0.05, 0.1) is 17.7 Å². The first-order valence-corrected chi connectivity index (χ1v) is 9.73. The van der Waals surface area contributed by atoms with E-state index in [0.29, 0.717) is 5.56 Å². The molecular formula is C23H24O8. The second-order valence-electron chi connectivity index (χ2n) is 6.85. The van der Waals surface area contributed by atoms with Crippen LogP contribution in [0.2, 0.25) is 0 Å². The molecule has 0 unspecified atom stereocenters. The van der Waals surface area contributed by atoms with Crippen molar-refractivity contribution in [2.45, 2.75) is 30.7 Å². The summed E-state index contributed by atoms with van der Waals surface area (Å²) in [7, 11) is 0. The summed E-state index contributed by atoms with van der Waals surface area (Å²) in [4.78, 5) is 24.6. The molecule has 2 N–H and O–H groups in total. The lowest BCUT2D eigenvalue weighted by molar-refractivity contribution is -0.297. The van der Waals surface area contributed by atoms with Gasteiger partial charge in [0.25, 0.3) is 0 Å². The lowest BCUT2D eigenvalue weighted by atomic mass is 9.99. The number of esters is 2. The maximum atomic E-state index is 12.4. The largest absolute Gasteiger partial charge is 0.459 e. The summed E-state index contributed by atoms with van der Waals surface area (Å²) in [6.07, 6.45) is -5.16. The zero-order chi connectivity index (χ0) is 22.2. The number of carbonyl (C=O) groups is 2. The van der Waals surface area contributed by atoms with Crippen LogP contribution in [0.3, 0.4) is 0 Å². The van der Waals surface area contributed by atoms with Gasteiger partial charge in [-0.2, -0.15) is 0 Å². The Morgan fingerprint density at radius 1 is 0.935 bits per heavy atom. The summed E-state index contributed by atoms with van der Waals surface area (Å²) in [5.41, 5.74) is 0.605. The Morgan fingerprint density at radius 3 is 2.10 bits per heavy atom. The minimum atomic E-state index is -1.53. The highest BCUT2D eigenvalue weighted by Crippen LogP contribution is 2.26. The minimum Gasteiger partial charge on any atom is -0.459 e. The summed E-state index contributed by atoms with van der Waals surface area (Å²) < 4.78 is 21.7. The molecule has 31 heavy (non-hydrogen) atoms. The number of rotatable bonds is 8. The summed E-state index contributed by atoms with van der Waals surface area (Å²) in [5.74, 6) is -1.31. The van der Waals surface area contributed by atoms with Gasteiger partial charge in [0.15, 0.2) is 12.4 Å². The van der Waals surface area contributed by atoms with Crippen LogP contribution < -0.4 is 0 Å². The Morgan fingerprint density at radius 2 is 1.52 bits per heavy atom. The van der Waals surface area contributed by atoms with E-state index in [-0.39, 0.29) is 18.8 Å². The topological polar surface area (TPSA) is 112 Å². The van der Waals surface area contributed by atoms with Crippen LogP contribution in [0.5, 0.6) is 0 Å². The molecule has 0 aliphatic carbocycles. The fraction of sp³-hybridized carbons (Fsp3) is 0.304. The van der Waals surface area contributed by atoms with E-state index in [9.17, 15) is 19.8 Å². The fourth-order valence-electron chi connectivity index (χ4n) is 3.05. The molecule has 0 radical (unpaired) electrons. The summed E-state index contributed by atoms with van der Waals surface area (Å²) in [6, 6.07) is 16.5. The predicted molar refractivity (Wildman–Crippen MR) is 109 cm³/mol. The molecular weight excluding hydrogens is 404 g/mol. The van der Waals surface area contributed by atoms with Crippen molar-refractivity contribution in [3.63, 3.8) is 0 Å². The van der Waals surface area contributed by atoms with Gasteiger partial charge >= 0.3 is 11.9 Å². The van der Waals surface area contributed by atoms with Crippen molar-refractivity contribution >= 4 is 11.9 Å². The summed E-state index contributed by atoms with van der Waals surface area (Å²) in [6.45, 7) is 3.27. The highest BCUT2D eigenvalue weighted by Gasteiger charge is 2.47. The number of hydrogen-bond acceptors (Lipinski definition) is 8. The molecule has 0 aromatic heterocycles. The van der Waals surface area contributed by atoms with E-state index in [4.69, 9.17) is 18.9 Å². The molecule has 1 aliphatic rings. The minimum absolute atomic E-state index is 0.0450. The molecule has 1 saturated heterocycles. The predicted octanol–water partition coefficient (Wildman–Crippen LogP) is 1.72. The average Bonchev–Trinajstić information content (AvgIpc) is 2.81. The van der Waals surface area contributed by atoms with Crippen LogP contribution >= 0.6 is 0 Å². The smallest absolute Gasteiger partial charge is 0.338 e. The van der Waals surface area contributed by atoms with Gasteiger partial charge in [0.1, 0.15) is 24.9 Å². The van der Waals surface area contributed by atoms with Crippen molar-refractivity contribution in [2.24, 2.45) is 0 Å². The number of benzene rings is 2. The summed E-state index contributed by atoms with van der Waals surface area (Å²) in [5, 5.41) is 21.1. The highest BCUT2D eigenvalue weighted by molar-refractivity contribution is 5.89. The van der Waals surface area contributed by atoms with Crippen LogP contribution in [0.4, 0.5) is 0 Å². The molecule has 2 aromatic rings. The van der Waals surface area contributed by atoms with Gasteiger partial charge in [-0.3, -0.25) is 0 Å². The SMILES string of the molecule is C=CCO[C@H]1O[C@H](COC(=O)c2ccccc2)[C@H](O)[C@H](O)[C@H]1OC(=O)c1ccccc1. The zero-order valence-corrected chi connectivity index (χ0v) is 16.7. The number of hydrogen-bond donors (Lipinski definition) is 2. The molecule has 0 amide bonds. The zero-order valence-electron chi connectivity index (χ0n) is 16.7. The molecule has 8 nitrogen and oxygen atoms in total. The third-order valence-electron chi connectivity index (χ3n) is 4.66. The Hall–Kier alpha value is -3.04. The third kappa shape index (κ3) is 5.77. The maximum Gasteiger partial charge on any atom is 0.338 e. The Kier molecular flexibility index (Phi) is 7.91. The second kappa shape index (κ2) is 10.8. The van der Waals surface area contributed by atoms with Crippen molar-refractivity contribution in [1.29, 1.82) is 0 Å². The molecule has 164 valence electrons. The molecule has 1 aliphatic heterocycles. The van der Waals surface area contributed by atoms with E-state index >= 15 is 0 Å². The van der Waals surface area contributed by atoms with Gasteiger partial charge in [0, 0.05) is 0 Å². The molecule has 8 heteroatoms. The molecule has 0 spiro atoms. The third-order valence-corrected chi connectivity index (χ3v) is 4.66. The van der Waals surface area contributed by atoms with Gasteiger partial charge in [-0.05, 0) is 24.3 Å². The van der Waals surface area contributed by atoms with Crippen LogP contribution in [0.1, 0.15) is 20.7 Å². The van der Waals surface area contributed by atoms with E-state index in [0.717, 1.165) is 0 Å². The molecule has 1 heterocycles. The summed E-state index contributed by atoms with van der Waals surface area (Å²) >= 11 is 0. The van der Waals surface area contributed by atoms with Crippen LogP contribution in [0, 0.1) is 0 Å². The highest BCUT2D eigenvalue weighted by atomic mass is 16.7. The lowest BCUT2D eigenvalue weighted by Gasteiger charge is -2.41. The normalized spacial score (nSPS) is 25.4. The maximum absolute atomic E-state index is 12.4. The van der Waals surface area contributed by atoms with Crippen molar-refractivity contribution < 1.29 is 38.7 Å². The van der Waals surface area contributed by atoms with Crippen LogP contribution in [-0.2, 0) is 18.9 Å². The Balaban J connectivity index is 1.68. The fourth-order valence-corrected chi connectivity index (χ4v) is 3.05. The van der Waals surface area contributed by atoms with Crippen LogP contribution in [0.15, 0.2) is 73.3 Å². The first kappa shape index (κ1) is 22.6. The number of carbonyl (C=O) groups excluding carboxylic acids is 2. The van der Waals surface area contributed by atoms with E-state index in [1.54, 1.807) is 60.7 Å². The van der Waals surface area contributed by atoms with Gasteiger partial charge in [-0.1, -0.05) is 42.5 Å². The molecule has 2 aromatic carbocycles. The molecule has 3 rings (SSSR count). The Labute approximate surface area is 179 Å². The first-order valence-electron chi connectivity index (χ1n) is 9.73. The Bertz CT molecular complexity index is 868. The first-order chi connectivity index (χ1) is 15.0. The number of ether oxygens (including phenoxy) is 4. The van der Waals surface area contributed by atoms with Gasteiger partial charge in [-0.25, -0.2) is 9.59 Å². The monoisotopic (exact) mass is 428 g/mol. The molecule has 0 bridgehead atoms. The average molecular weight is 428 g/mol. The van der Waals surface area contributed by atoms with E-state index < -0.39 is 42.6 Å². The lowest BCUT2D eigenvalue weighted by Crippen LogP contribution is -2.60. The quantitative estimate of drug-likeness (QED) is 0.483. The van der Waals surface area contributed by atoms with Crippen molar-refractivity contribution in [3.05, 3.63) is 84.4 Å². The molecule has 5 atom stereocenters.